The quantitative estimate of drug-likeness (QED) is 0.102. The van der Waals surface area contributed by atoms with Gasteiger partial charge in [0.1, 0.15) is 12.2 Å². The Balaban J connectivity index is 1.40. The van der Waals surface area contributed by atoms with Crippen LogP contribution in [0, 0.1) is 0 Å². The maximum absolute atomic E-state index is 5.93. The van der Waals surface area contributed by atoms with Crippen LogP contribution in [0.2, 0.25) is 0 Å². The summed E-state index contributed by atoms with van der Waals surface area (Å²) in [4.78, 5) is 0. The average Bonchev–Trinajstić information content (AvgIpc) is 3.95. The van der Waals surface area contributed by atoms with Crippen molar-refractivity contribution in [2.45, 2.75) is 129 Å². The summed E-state index contributed by atoms with van der Waals surface area (Å²) >= 11 is 0. The zero-order valence-corrected chi connectivity index (χ0v) is 29.4. The highest BCUT2D eigenvalue weighted by Gasteiger charge is 2.24. The first-order valence-electron chi connectivity index (χ1n) is 16.8. The molecule has 0 spiro atoms. The Morgan fingerprint density at radius 2 is 0.578 bits per heavy atom. The number of epoxide rings is 2. The molecule has 11 atom stereocenters. The molecule has 0 aromatic rings. The second kappa shape index (κ2) is 23.8. The fraction of sp³-hybridized carbons (Fsp3) is 1.00. The molecule has 2 aliphatic rings. The molecule has 0 saturated carbocycles. The molecule has 2 rings (SSSR count). The van der Waals surface area contributed by atoms with E-state index in [-0.39, 0.29) is 67.1 Å². The van der Waals surface area contributed by atoms with Gasteiger partial charge in [-0.05, 0) is 62.3 Å². The third-order valence-electron chi connectivity index (χ3n) is 6.95. The Bertz CT molecular complexity index is 709. The molecule has 0 aromatic heterocycles. The molecule has 268 valence electrons. The van der Waals surface area contributed by atoms with Crippen molar-refractivity contribution >= 4 is 0 Å². The molecule has 2 saturated heterocycles. The largest absolute Gasteiger partial charge is 0.376 e. The summed E-state index contributed by atoms with van der Waals surface area (Å²) in [6, 6.07) is 0. The van der Waals surface area contributed by atoms with Crippen molar-refractivity contribution in [2.75, 3.05) is 85.9 Å². The lowest BCUT2D eigenvalue weighted by molar-refractivity contribution is -0.111. The van der Waals surface area contributed by atoms with Gasteiger partial charge < -0.3 is 56.8 Å². The molecular formula is C33H64O12. The van der Waals surface area contributed by atoms with E-state index >= 15 is 0 Å². The minimum atomic E-state index is -0.0650. The zero-order chi connectivity index (χ0) is 33.0. The molecule has 0 aliphatic carbocycles. The number of hydrogen-bond acceptors (Lipinski definition) is 12. The highest BCUT2D eigenvalue weighted by Crippen LogP contribution is 2.11. The van der Waals surface area contributed by atoms with Crippen LogP contribution in [0.1, 0.15) is 62.3 Å². The molecule has 2 aliphatic heterocycles. The highest BCUT2D eigenvalue weighted by atomic mass is 16.6. The summed E-state index contributed by atoms with van der Waals surface area (Å²) < 4.78 is 68.6. The fourth-order valence-corrected chi connectivity index (χ4v) is 3.80. The monoisotopic (exact) mass is 652 g/mol. The van der Waals surface area contributed by atoms with Gasteiger partial charge in [-0.2, -0.15) is 0 Å². The van der Waals surface area contributed by atoms with E-state index in [4.69, 9.17) is 56.8 Å². The summed E-state index contributed by atoms with van der Waals surface area (Å²) in [5.74, 6) is 0. The number of ether oxygens (including phenoxy) is 12. The van der Waals surface area contributed by atoms with E-state index in [1.165, 1.54) is 0 Å². The molecule has 12 heteroatoms. The van der Waals surface area contributed by atoms with Crippen LogP contribution in [0.3, 0.4) is 0 Å². The van der Waals surface area contributed by atoms with Gasteiger partial charge >= 0.3 is 0 Å². The van der Waals surface area contributed by atoms with Crippen LogP contribution in [-0.2, 0) is 56.8 Å². The third kappa shape index (κ3) is 23.5. The van der Waals surface area contributed by atoms with Crippen LogP contribution < -0.4 is 0 Å². The molecule has 0 aromatic carbocycles. The predicted octanol–water partition coefficient (Wildman–Crippen LogP) is 3.45. The topological polar surface area (TPSA) is 117 Å². The summed E-state index contributed by atoms with van der Waals surface area (Å²) in [6.07, 6.45) is 0.238. The Morgan fingerprint density at radius 3 is 0.844 bits per heavy atom. The van der Waals surface area contributed by atoms with E-state index < -0.39 is 0 Å². The van der Waals surface area contributed by atoms with Crippen LogP contribution in [-0.4, -0.2) is 153 Å². The Kier molecular flexibility index (Phi) is 21.5. The van der Waals surface area contributed by atoms with Gasteiger partial charge in [-0.15, -0.1) is 0 Å². The van der Waals surface area contributed by atoms with Gasteiger partial charge in [0, 0.05) is 0 Å². The van der Waals surface area contributed by atoms with Crippen molar-refractivity contribution < 1.29 is 56.8 Å². The minimum absolute atomic E-state index is 0.0142. The van der Waals surface area contributed by atoms with Gasteiger partial charge in [0.05, 0.1) is 141 Å². The summed E-state index contributed by atoms with van der Waals surface area (Å²) in [6.45, 7) is 25.3. The smallest absolute Gasteiger partial charge is 0.104 e. The second-order valence-corrected chi connectivity index (χ2v) is 12.7. The van der Waals surface area contributed by atoms with Gasteiger partial charge in [0.25, 0.3) is 0 Å². The normalized spacial score (nSPS) is 23.9. The third-order valence-corrected chi connectivity index (χ3v) is 6.95. The van der Waals surface area contributed by atoms with Crippen molar-refractivity contribution in [3.8, 4) is 0 Å². The van der Waals surface area contributed by atoms with Crippen molar-refractivity contribution in [3.05, 3.63) is 0 Å². The lowest BCUT2D eigenvalue weighted by atomic mass is 10.3. The van der Waals surface area contributed by atoms with E-state index in [9.17, 15) is 0 Å². The number of hydrogen-bond donors (Lipinski definition) is 0. The van der Waals surface area contributed by atoms with Crippen LogP contribution >= 0.6 is 0 Å². The van der Waals surface area contributed by atoms with Crippen molar-refractivity contribution in [1.29, 1.82) is 0 Å². The van der Waals surface area contributed by atoms with Crippen molar-refractivity contribution in [3.63, 3.8) is 0 Å². The Hall–Kier alpha value is -0.480. The van der Waals surface area contributed by atoms with E-state index in [0.717, 1.165) is 13.2 Å². The van der Waals surface area contributed by atoms with Crippen molar-refractivity contribution in [2.24, 2.45) is 0 Å². The standard InChI is InChI=1S/C33H64O12/c1-23(10-34-19-32-21-44-32)35-11-24(2)36-12-25(3)37-13-26(4)38-14-27(5)39-15-28(6)40-16-29(7)41-17-30(8)42-18-31(9)43-20-33-22-45-33/h23-33H,10-22H2,1-9H3. The lowest BCUT2D eigenvalue weighted by Crippen LogP contribution is -2.30. The van der Waals surface area contributed by atoms with Crippen LogP contribution in [0.15, 0.2) is 0 Å². The van der Waals surface area contributed by atoms with Gasteiger partial charge in [0.15, 0.2) is 0 Å². The molecule has 45 heavy (non-hydrogen) atoms. The minimum Gasteiger partial charge on any atom is -0.376 e. The molecule has 2 heterocycles. The maximum atomic E-state index is 5.93. The van der Waals surface area contributed by atoms with E-state index in [0.29, 0.717) is 72.7 Å². The van der Waals surface area contributed by atoms with Crippen LogP contribution in [0.5, 0.6) is 0 Å². The molecular weight excluding hydrogens is 588 g/mol. The first-order chi connectivity index (χ1) is 21.5. The Morgan fingerprint density at radius 1 is 0.356 bits per heavy atom. The summed E-state index contributed by atoms with van der Waals surface area (Å²) in [5, 5.41) is 0. The van der Waals surface area contributed by atoms with Crippen LogP contribution in [0.4, 0.5) is 0 Å². The van der Waals surface area contributed by atoms with Gasteiger partial charge in [-0.1, -0.05) is 0 Å². The van der Waals surface area contributed by atoms with Crippen molar-refractivity contribution in [1.82, 2.24) is 0 Å². The fourth-order valence-electron chi connectivity index (χ4n) is 3.80. The molecule has 0 radical (unpaired) electrons. The predicted molar refractivity (Wildman–Crippen MR) is 169 cm³/mol. The van der Waals surface area contributed by atoms with Gasteiger partial charge in [-0.25, -0.2) is 0 Å². The summed E-state index contributed by atoms with van der Waals surface area (Å²) in [5.41, 5.74) is 0. The van der Waals surface area contributed by atoms with E-state index in [1.54, 1.807) is 0 Å². The van der Waals surface area contributed by atoms with E-state index in [2.05, 4.69) is 0 Å². The molecule has 0 N–H and O–H groups in total. The molecule has 11 unspecified atom stereocenters. The number of rotatable bonds is 31. The van der Waals surface area contributed by atoms with E-state index in [1.807, 2.05) is 62.3 Å². The first kappa shape index (κ1) is 40.7. The molecule has 2 fully saturated rings. The zero-order valence-electron chi connectivity index (χ0n) is 29.4. The van der Waals surface area contributed by atoms with Gasteiger partial charge in [0.2, 0.25) is 0 Å². The maximum Gasteiger partial charge on any atom is 0.104 e. The average molecular weight is 653 g/mol. The Labute approximate surface area is 272 Å². The molecule has 0 bridgehead atoms. The SMILES string of the molecule is CC(COCC1CO1)OCC(C)OCC(C)OCC(C)OCC(C)OCC(C)OCC(C)OCC(C)OCC(C)OCC1CO1. The first-order valence-corrected chi connectivity index (χ1v) is 16.8. The lowest BCUT2D eigenvalue weighted by Gasteiger charge is -2.23. The van der Waals surface area contributed by atoms with Crippen LogP contribution in [0.25, 0.3) is 0 Å². The second-order valence-electron chi connectivity index (χ2n) is 12.7. The highest BCUT2D eigenvalue weighted by molar-refractivity contribution is 4.69. The molecule has 0 amide bonds. The summed E-state index contributed by atoms with van der Waals surface area (Å²) in [7, 11) is 0. The van der Waals surface area contributed by atoms with Gasteiger partial charge in [-0.3, -0.25) is 0 Å². The molecule has 12 nitrogen and oxygen atoms in total.